The van der Waals surface area contributed by atoms with Crippen LogP contribution < -0.4 is 0 Å². The molecule has 0 bridgehead atoms. The number of nitrogens with zero attached hydrogens (tertiary/aromatic N) is 2. The number of aromatic nitrogens is 1. The summed E-state index contributed by atoms with van der Waals surface area (Å²) in [6.07, 6.45) is 7.06. The molecule has 0 aromatic carbocycles. The van der Waals surface area contributed by atoms with Crippen molar-refractivity contribution in [2.75, 3.05) is 0 Å². The molecule has 3 rings (SSSR count). The van der Waals surface area contributed by atoms with Crippen LogP contribution in [0.4, 0.5) is 0 Å². The fourth-order valence-electron chi connectivity index (χ4n) is 3.68. The number of rotatable bonds is 2. The van der Waals surface area contributed by atoms with Gasteiger partial charge >= 0.3 is 5.97 Å². The Morgan fingerprint density at radius 2 is 2.05 bits per heavy atom. The van der Waals surface area contributed by atoms with E-state index in [1.165, 1.54) is 23.4 Å². The van der Waals surface area contributed by atoms with Gasteiger partial charge in [-0.1, -0.05) is 12.8 Å². The Bertz CT molecular complexity index is 575. The number of hydrogen-bond donors (Lipinski definition) is 2. The summed E-state index contributed by atoms with van der Waals surface area (Å²) in [6, 6.07) is 0.616. The van der Waals surface area contributed by atoms with Crippen molar-refractivity contribution in [3.8, 4) is 5.75 Å². The molecule has 1 aliphatic heterocycles. The van der Waals surface area contributed by atoms with Crippen molar-refractivity contribution in [1.29, 1.82) is 0 Å². The molecule has 1 aliphatic carbocycles. The molecule has 3 atom stereocenters. The van der Waals surface area contributed by atoms with E-state index in [-0.39, 0.29) is 23.3 Å². The molecule has 2 heterocycles. The second-order valence-electron chi connectivity index (χ2n) is 5.81. The number of fused-ring (bicyclic) bond motifs is 1. The molecular weight excluding hydrogens is 272 g/mol. The van der Waals surface area contributed by atoms with E-state index in [9.17, 15) is 19.8 Å². The Labute approximate surface area is 122 Å². The van der Waals surface area contributed by atoms with E-state index in [1.54, 1.807) is 0 Å². The Hall–Kier alpha value is -2.11. The topological polar surface area (TPSA) is 90.7 Å². The second kappa shape index (κ2) is 5.35. The third-order valence-electron chi connectivity index (χ3n) is 4.64. The molecule has 2 fully saturated rings. The van der Waals surface area contributed by atoms with Crippen LogP contribution in [0.15, 0.2) is 18.5 Å². The van der Waals surface area contributed by atoms with Crippen LogP contribution in [0.25, 0.3) is 0 Å². The van der Waals surface area contributed by atoms with Gasteiger partial charge in [0.15, 0.2) is 0 Å². The van der Waals surface area contributed by atoms with Gasteiger partial charge in [-0.25, -0.2) is 4.79 Å². The molecule has 2 aliphatic rings. The molecule has 112 valence electrons. The summed E-state index contributed by atoms with van der Waals surface area (Å²) in [5.41, 5.74) is 0.127. The summed E-state index contributed by atoms with van der Waals surface area (Å²) in [7, 11) is 0. The van der Waals surface area contributed by atoms with E-state index in [4.69, 9.17) is 0 Å². The van der Waals surface area contributed by atoms with E-state index < -0.39 is 17.9 Å². The number of carbonyl (C=O) groups is 2. The standard InChI is InChI=1S/C15H18N2O4/c18-13-8-16-6-5-10(13)14(19)17-11-4-2-1-3-9(11)7-12(17)15(20)21/h5-6,8-9,11-12,18H,1-4,7H2,(H,20,21). The first-order chi connectivity index (χ1) is 10.1. The molecule has 21 heavy (non-hydrogen) atoms. The quantitative estimate of drug-likeness (QED) is 0.864. The lowest BCUT2D eigenvalue weighted by molar-refractivity contribution is -0.141. The van der Waals surface area contributed by atoms with Gasteiger partial charge in [0.05, 0.1) is 11.8 Å². The maximum absolute atomic E-state index is 12.7. The van der Waals surface area contributed by atoms with Crippen molar-refractivity contribution in [1.82, 2.24) is 9.88 Å². The highest BCUT2D eigenvalue weighted by atomic mass is 16.4. The highest BCUT2D eigenvalue weighted by Crippen LogP contribution is 2.41. The first kappa shape index (κ1) is 13.9. The van der Waals surface area contributed by atoms with E-state index >= 15 is 0 Å². The molecule has 1 saturated carbocycles. The first-order valence-electron chi connectivity index (χ1n) is 7.28. The van der Waals surface area contributed by atoms with Gasteiger partial charge in [0.1, 0.15) is 11.8 Å². The Balaban J connectivity index is 1.95. The van der Waals surface area contributed by atoms with E-state index in [0.717, 1.165) is 25.7 Å². The summed E-state index contributed by atoms with van der Waals surface area (Å²) >= 11 is 0. The zero-order chi connectivity index (χ0) is 15.0. The molecule has 3 unspecified atom stereocenters. The van der Waals surface area contributed by atoms with E-state index in [1.807, 2.05) is 0 Å². The fraction of sp³-hybridized carbons (Fsp3) is 0.533. The highest BCUT2D eigenvalue weighted by Gasteiger charge is 2.47. The maximum atomic E-state index is 12.7. The van der Waals surface area contributed by atoms with Crippen LogP contribution in [0, 0.1) is 5.92 Å². The SMILES string of the molecule is O=C(O)C1CC2CCCCC2N1C(=O)c1ccncc1O. The summed E-state index contributed by atoms with van der Waals surface area (Å²) in [5, 5.41) is 19.2. The molecule has 1 saturated heterocycles. The molecule has 6 nitrogen and oxygen atoms in total. The van der Waals surface area contributed by atoms with E-state index in [2.05, 4.69) is 4.98 Å². The second-order valence-corrected chi connectivity index (χ2v) is 5.81. The summed E-state index contributed by atoms with van der Waals surface area (Å²) in [4.78, 5) is 29.4. The van der Waals surface area contributed by atoms with Gasteiger partial charge in [-0.05, 0) is 31.2 Å². The third-order valence-corrected chi connectivity index (χ3v) is 4.64. The lowest BCUT2D eigenvalue weighted by atomic mass is 9.84. The fourth-order valence-corrected chi connectivity index (χ4v) is 3.68. The van der Waals surface area contributed by atoms with Gasteiger partial charge in [-0.3, -0.25) is 9.78 Å². The Kier molecular flexibility index (Phi) is 3.53. The number of pyridine rings is 1. The molecule has 0 spiro atoms. The van der Waals surface area contributed by atoms with Gasteiger partial charge < -0.3 is 15.1 Å². The minimum atomic E-state index is -0.966. The van der Waals surface area contributed by atoms with Crippen molar-refractivity contribution in [3.63, 3.8) is 0 Å². The molecule has 1 aromatic heterocycles. The van der Waals surface area contributed by atoms with Crippen LogP contribution in [-0.2, 0) is 4.79 Å². The summed E-state index contributed by atoms with van der Waals surface area (Å²) < 4.78 is 0. The zero-order valence-electron chi connectivity index (χ0n) is 11.6. The monoisotopic (exact) mass is 290 g/mol. The van der Waals surface area contributed by atoms with Crippen molar-refractivity contribution < 1.29 is 19.8 Å². The highest BCUT2D eigenvalue weighted by molar-refractivity contribution is 5.99. The molecule has 0 radical (unpaired) electrons. The van der Waals surface area contributed by atoms with Crippen LogP contribution in [-0.4, -0.2) is 44.1 Å². The normalized spacial score (nSPS) is 28.2. The lowest BCUT2D eigenvalue weighted by Crippen LogP contribution is -2.46. The van der Waals surface area contributed by atoms with Crippen molar-refractivity contribution >= 4 is 11.9 Å². The number of aromatic hydroxyl groups is 1. The molecule has 1 aromatic rings. The number of aliphatic carboxylic acids is 1. The van der Waals surface area contributed by atoms with E-state index in [0.29, 0.717) is 6.42 Å². The van der Waals surface area contributed by atoms with Gasteiger partial charge in [-0.15, -0.1) is 0 Å². The summed E-state index contributed by atoms with van der Waals surface area (Å²) in [5.74, 6) is -1.32. The minimum Gasteiger partial charge on any atom is -0.505 e. The Morgan fingerprint density at radius 3 is 2.76 bits per heavy atom. The van der Waals surface area contributed by atoms with Crippen LogP contribution in [0.1, 0.15) is 42.5 Å². The Morgan fingerprint density at radius 1 is 1.29 bits per heavy atom. The third kappa shape index (κ3) is 2.34. The predicted molar refractivity (Wildman–Crippen MR) is 73.9 cm³/mol. The molecule has 6 heteroatoms. The number of hydrogen-bond acceptors (Lipinski definition) is 4. The zero-order valence-corrected chi connectivity index (χ0v) is 11.6. The van der Waals surface area contributed by atoms with Crippen LogP contribution in [0.5, 0.6) is 5.75 Å². The number of carboxylic acid groups (broad SMARTS) is 1. The molecule has 2 N–H and O–H groups in total. The maximum Gasteiger partial charge on any atom is 0.326 e. The number of amides is 1. The van der Waals surface area contributed by atoms with Crippen molar-refractivity contribution in [2.24, 2.45) is 5.92 Å². The average Bonchev–Trinajstić information content (AvgIpc) is 2.86. The number of likely N-dealkylation sites (tertiary alicyclic amines) is 1. The van der Waals surface area contributed by atoms with Crippen LogP contribution in [0.3, 0.4) is 0 Å². The summed E-state index contributed by atoms with van der Waals surface area (Å²) in [6.45, 7) is 0. The van der Waals surface area contributed by atoms with Gasteiger partial charge in [0.2, 0.25) is 0 Å². The minimum absolute atomic E-state index is 0.0279. The first-order valence-corrected chi connectivity index (χ1v) is 7.28. The molecular formula is C15H18N2O4. The lowest BCUT2D eigenvalue weighted by Gasteiger charge is -2.33. The average molecular weight is 290 g/mol. The van der Waals surface area contributed by atoms with Gasteiger partial charge in [0, 0.05) is 12.2 Å². The number of carbonyl (C=O) groups excluding carboxylic acids is 1. The van der Waals surface area contributed by atoms with Crippen LogP contribution >= 0.6 is 0 Å². The molecule has 1 amide bonds. The largest absolute Gasteiger partial charge is 0.505 e. The van der Waals surface area contributed by atoms with Gasteiger partial charge in [0.25, 0.3) is 5.91 Å². The van der Waals surface area contributed by atoms with Gasteiger partial charge in [-0.2, -0.15) is 0 Å². The smallest absolute Gasteiger partial charge is 0.326 e. The van der Waals surface area contributed by atoms with Crippen molar-refractivity contribution in [2.45, 2.75) is 44.2 Å². The predicted octanol–water partition coefficient (Wildman–Crippen LogP) is 1.65. The number of carboxylic acids is 1. The van der Waals surface area contributed by atoms with Crippen molar-refractivity contribution in [3.05, 3.63) is 24.0 Å². The van der Waals surface area contributed by atoms with Crippen LogP contribution in [0.2, 0.25) is 0 Å².